The summed E-state index contributed by atoms with van der Waals surface area (Å²) in [5.41, 5.74) is 0. The zero-order valence-corrected chi connectivity index (χ0v) is 8.45. The van der Waals surface area contributed by atoms with E-state index < -0.39 is 0 Å². The van der Waals surface area contributed by atoms with Crippen LogP contribution in [0.15, 0.2) is 17.1 Å². The Balaban J connectivity index is 3.00. The Labute approximate surface area is 72.2 Å². The largest absolute Gasteiger partial charge is 0.301 e. The Hall–Kier alpha value is -0.160. The van der Waals surface area contributed by atoms with Crippen molar-refractivity contribution in [2.24, 2.45) is 4.99 Å². The number of hydrogen-bond donors (Lipinski definition) is 0. The van der Waals surface area contributed by atoms with Crippen LogP contribution in [0.5, 0.6) is 0 Å². The van der Waals surface area contributed by atoms with Gasteiger partial charge in [0, 0.05) is 7.05 Å². The number of hydrogen-bond acceptors (Lipinski definition) is 1. The molecule has 0 heterocycles. The van der Waals surface area contributed by atoms with Crippen molar-refractivity contribution < 1.29 is 0 Å². The van der Waals surface area contributed by atoms with E-state index in [0.717, 1.165) is 6.42 Å². The molecular formula is C9H18NP. The Morgan fingerprint density at radius 1 is 1.18 bits per heavy atom. The second-order valence-electron chi connectivity index (χ2n) is 2.42. The Morgan fingerprint density at radius 3 is 2.55 bits per heavy atom. The molecule has 0 saturated heterocycles. The minimum Gasteiger partial charge on any atom is -0.301 e. The van der Waals surface area contributed by atoms with Crippen molar-refractivity contribution in [3.8, 4) is 0 Å². The lowest BCUT2D eigenvalue weighted by Gasteiger charge is -1.88. The fraction of sp³-hybridized carbons (Fsp3) is 0.667. The molecule has 0 saturated carbocycles. The topological polar surface area (TPSA) is 12.4 Å². The molecule has 2 heteroatoms. The minimum absolute atomic E-state index is 1.11. The lowest BCUT2D eigenvalue weighted by Crippen LogP contribution is -1.75. The minimum atomic E-state index is 1.11. The van der Waals surface area contributed by atoms with Crippen LogP contribution in [-0.2, 0) is 0 Å². The van der Waals surface area contributed by atoms with E-state index >= 15 is 0 Å². The van der Waals surface area contributed by atoms with Gasteiger partial charge in [-0.1, -0.05) is 12.2 Å². The van der Waals surface area contributed by atoms with E-state index in [1.165, 1.54) is 25.4 Å². The second-order valence-corrected chi connectivity index (χ2v) is 3.00. The summed E-state index contributed by atoms with van der Waals surface area (Å²) in [5.74, 6) is 0. The van der Waals surface area contributed by atoms with Crippen molar-refractivity contribution in [2.45, 2.75) is 25.7 Å². The molecular weight excluding hydrogens is 153 g/mol. The summed E-state index contributed by atoms with van der Waals surface area (Å²) in [6, 6.07) is 0. The van der Waals surface area contributed by atoms with E-state index in [4.69, 9.17) is 0 Å². The van der Waals surface area contributed by atoms with E-state index in [-0.39, 0.29) is 0 Å². The second kappa shape index (κ2) is 9.84. The molecule has 0 aromatic rings. The van der Waals surface area contributed by atoms with Gasteiger partial charge in [-0.25, -0.2) is 0 Å². The molecule has 0 aliphatic heterocycles. The summed E-state index contributed by atoms with van der Waals surface area (Å²) in [6.07, 6.45) is 12.4. The SMILES string of the molecule is C/N=C\CCCC=CCCP. The molecule has 1 nitrogen and oxygen atoms in total. The molecule has 0 aliphatic carbocycles. The van der Waals surface area contributed by atoms with E-state index in [1.807, 2.05) is 13.3 Å². The predicted molar refractivity (Wildman–Crippen MR) is 56.6 cm³/mol. The molecule has 0 radical (unpaired) electrons. The average Bonchev–Trinajstić information content (AvgIpc) is 2.03. The summed E-state index contributed by atoms with van der Waals surface area (Å²) < 4.78 is 0. The van der Waals surface area contributed by atoms with Crippen molar-refractivity contribution >= 4 is 15.5 Å². The van der Waals surface area contributed by atoms with Gasteiger partial charge in [0.2, 0.25) is 0 Å². The maximum Gasteiger partial charge on any atom is 0.0273 e. The number of unbranched alkanes of at least 4 members (excludes halogenated alkanes) is 2. The van der Waals surface area contributed by atoms with Gasteiger partial charge in [-0.05, 0) is 38.1 Å². The van der Waals surface area contributed by atoms with Gasteiger partial charge < -0.3 is 4.99 Å². The number of allylic oxidation sites excluding steroid dienone is 2. The number of rotatable bonds is 6. The standard InChI is InChI=1S/C9H18NP/c1-10-8-6-4-2-3-5-7-9-11/h3,5,8H,2,4,6-7,9,11H2,1H3/b5-3?,10-8-. The number of nitrogens with zero attached hydrogens (tertiary/aromatic N) is 1. The first kappa shape index (κ1) is 10.8. The highest BCUT2D eigenvalue weighted by Crippen LogP contribution is 1.96. The van der Waals surface area contributed by atoms with Crippen LogP contribution in [0, 0.1) is 0 Å². The molecule has 0 aromatic heterocycles. The first-order valence-corrected chi connectivity index (χ1v) is 4.99. The fourth-order valence-electron chi connectivity index (χ4n) is 0.788. The summed E-state index contributed by atoms with van der Waals surface area (Å²) in [6.45, 7) is 0. The molecule has 0 bridgehead atoms. The van der Waals surface area contributed by atoms with Gasteiger partial charge in [0.25, 0.3) is 0 Å². The smallest absolute Gasteiger partial charge is 0.0273 e. The molecule has 0 rings (SSSR count). The highest BCUT2D eigenvalue weighted by Gasteiger charge is 1.79. The van der Waals surface area contributed by atoms with Gasteiger partial charge >= 0.3 is 0 Å². The van der Waals surface area contributed by atoms with E-state index in [9.17, 15) is 0 Å². The van der Waals surface area contributed by atoms with Crippen LogP contribution >= 0.6 is 9.24 Å². The van der Waals surface area contributed by atoms with Crippen molar-refractivity contribution in [2.75, 3.05) is 13.2 Å². The molecule has 0 amide bonds. The molecule has 64 valence electrons. The van der Waals surface area contributed by atoms with E-state index in [1.54, 1.807) is 0 Å². The first-order chi connectivity index (χ1) is 5.41. The van der Waals surface area contributed by atoms with Crippen LogP contribution in [0.1, 0.15) is 25.7 Å². The molecule has 0 spiro atoms. The van der Waals surface area contributed by atoms with Crippen LogP contribution in [0.2, 0.25) is 0 Å². The van der Waals surface area contributed by atoms with Crippen LogP contribution in [0.25, 0.3) is 0 Å². The maximum atomic E-state index is 3.92. The van der Waals surface area contributed by atoms with Crippen molar-refractivity contribution in [3.05, 3.63) is 12.2 Å². The van der Waals surface area contributed by atoms with Gasteiger partial charge in [0.15, 0.2) is 0 Å². The molecule has 1 unspecified atom stereocenters. The highest BCUT2D eigenvalue weighted by molar-refractivity contribution is 7.16. The monoisotopic (exact) mass is 171 g/mol. The summed E-state index contributed by atoms with van der Waals surface area (Å²) >= 11 is 0. The maximum absolute atomic E-state index is 3.92. The van der Waals surface area contributed by atoms with Crippen LogP contribution in [0.4, 0.5) is 0 Å². The zero-order chi connectivity index (χ0) is 8.36. The van der Waals surface area contributed by atoms with Crippen LogP contribution < -0.4 is 0 Å². The van der Waals surface area contributed by atoms with Gasteiger partial charge in [0.05, 0.1) is 0 Å². The summed E-state index contributed by atoms with van der Waals surface area (Å²) in [5, 5.41) is 0. The van der Waals surface area contributed by atoms with Gasteiger partial charge in [-0.15, -0.1) is 9.24 Å². The molecule has 0 aromatic carbocycles. The predicted octanol–water partition coefficient (Wildman–Crippen LogP) is 2.68. The fourth-order valence-corrected chi connectivity index (χ4v) is 0.980. The lowest BCUT2D eigenvalue weighted by atomic mass is 10.2. The quantitative estimate of drug-likeness (QED) is 0.252. The lowest BCUT2D eigenvalue weighted by molar-refractivity contribution is 0.898. The van der Waals surface area contributed by atoms with Crippen LogP contribution in [-0.4, -0.2) is 19.4 Å². The van der Waals surface area contributed by atoms with Gasteiger partial charge in [0.1, 0.15) is 0 Å². The van der Waals surface area contributed by atoms with Crippen LogP contribution in [0.3, 0.4) is 0 Å². The van der Waals surface area contributed by atoms with E-state index in [2.05, 4.69) is 26.4 Å². The third-order valence-electron chi connectivity index (χ3n) is 1.39. The summed E-state index contributed by atoms with van der Waals surface area (Å²) in [4.78, 5) is 3.92. The number of aliphatic imine (C=N–C) groups is 1. The Morgan fingerprint density at radius 2 is 1.91 bits per heavy atom. The van der Waals surface area contributed by atoms with Crippen molar-refractivity contribution in [3.63, 3.8) is 0 Å². The normalized spacial score (nSPS) is 11.8. The highest BCUT2D eigenvalue weighted by atomic mass is 31.0. The molecule has 0 fully saturated rings. The zero-order valence-electron chi connectivity index (χ0n) is 7.29. The van der Waals surface area contributed by atoms with Gasteiger partial charge in [-0.2, -0.15) is 0 Å². The Bertz CT molecular complexity index is 119. The molecule has 11 heavy (non-hydrogen) atoms. The van der Waals surface area contributed by atoms with Crippen molar-refractivity contribution in [1.29, 1.82) is 0 Å². The molecule has 1 atom stereocenters. The summed E-state index contributed by atoms with van der Waals surface area (Å²) in [7, 11) is 4.55. The molecule has 0 aliphatic rings. The average molecular weight is 171 g/mol. The molecule has 0 N–H and O–H groups in total. The third-order valence-corrected chi connectivity index (χ3v) is 1.72. The van der Waals surface area contributed by atoms with Gasteiger partial charge in [-0.3, -0.25) is 0 Å². The Kier molecular flexibility index (Phi) is 9.70. The third kappa shape index (κ3) is 9.84. The first-order valence-electron chi connectivity index (χ1n) is 4.17. The van der Waals surface area contributed by atoms with E-state index in [0.29, 0.717) is 0 Å². The van der Waals surface area contributed by atoms with Crippen molar-refractivity contribution in [1.82, 2.24) is 0 Å².